The van der Waals surface area contributed by atoms with Gasteiger partial charge in [-0.25, -0.2) is 14.6 Å². The number of anilines is 2. The largest absolute Gasteiger partial charge is 0.444 e. The zero-order valence-electron chi connectivity index (χ0n) is 24.0. The van der Waals surface area contributed by atoms with Gasteiger partial charge in [0.05, 0.1) is 24.5 Å². The molecule has 222 valence electrons. The van der Waals surface area contributed by atoms with E-state index in [1.54, 1.807) is 40.2 Å². The summed E-state index contributed by atoms with van der Waals surface area (Å²) in [6.07, 6.45) is -0.342. The fourth-order valence-corrected chi connectivity index (χ4v) is 5.23. The van der Waals surface area contributed by atoms with Gasteiger partial charge in [0.1, 0.15) is 11.5 Å². The van der Waals surface area contributed by atoms with Crippen LogP contribution in [0, 0.1) is 5.92 Å². The molecule has 3 aliphatic rings. The summed E-state index contributed by atoms with van der Waals surface area (Å²) < 4.78 is 10.7. The van der Waals surface area contributed by atoms with E-state index in [-0.39, 0.29) is 28.5 Å². The van der Waals surface area contributed by atoms with Gasteiger partial charge >= 0.3 is 12.1 Å². The third kappa shape index (κ3) is 6.29. The Bertz CT molecular complexity index is 1390. The Labute approximate surface area is 243 Å². The van der Waals surface area contributed by atoms with Crippen molar-refractivity contribution in [3.8, 4) is 0 Å². The second-order valence-corrected chi connectivity index (χ2v) is 11.4. The molecule has 2 fully saturated rings. The smallest absolute Gasteiger partial charge is 0.410 e. The summed E-state index contributed by atoms with van der Waals surface area (Å²) in [4.78, 5) is 68.7. The van der Waals surface area contributed by atoms with Crippen molar-refractivity contribution in [1.82, 2.24) is 15.3 Å². The molecule has 2 N–H and O–H groups in total. The third-order valence-corrected chi connectivity index (χ3v) is 7.33. The van der Waals surface area contributed by atoms with Crippen molar-refractivity contribution >= 4 is 40.8 Å². The van der Waals surface area contributed by atoms with Gasteiger partial charge in [-0.3, -0.25) is 19.8 Å². The summed E-state index contributed by atoms with van der Waals surface area (Å²) in [5, 5.41) is 4.35. The molecule has 0 aromatic heterocycles. The Kier molecular flexibility index (Phi) is 8.28. The van der Waals surface area contributed by atoms with E-state index in [9.17, 15) is 24.0 Å². The Balaban J connectivity index is 1.23. The number of nitrogens with zero attached hydrogens (tertiary/aromatic N) is 3. The Hall–Kier alpha value is -4.29. The van der Waals surface area contributed by atoms with Crippen molar-refractivity contribution in [2.24, 2.45) is 5.92 Å². The number of nitrogens with one attached hydrogen (secondary N) is 2. The van der Waals surface area contributed by atoms with Crippen molar-refractivity contribution in [3.63, 3.8) is 0 Å². The molecule has 12 heteroatoms. The number of hydrogen-bond acceptors (Lipinski definition) is 9. The number of hydrogen-bond donors (Lipinski definition) is 2. The number of rotatable bonds is 5. The van der Waals surface area contributed by atoms with Crippen LogP contribution >= 0.6 is 0 Å². The molecule has 0 saturated carbocycles. The number of hydrazine groups is 1. The quantitative estimate of drug-likeness (QED) is 0.406. The average Bonchev–Trinajstić information content (AvgIpc) is 3.22. The summed E-state index contributed by atoms with van der Waals surface area (Å²) in [7, 11) is 0. The molecule has 2 aliphatic heterocycles. The number of fused-ring (bicyclic) bond motifs is 1. The number of ketones is 3. The lowest BCUT2D eigenvalue weighted by atomic mass is 9.93. The molecule has 0 bridgehead atoms. The minimum absolute atomic E-state index is 0.0393. The van der Waals surface area contributed by atoms with Crippen LogP contribution in [-0.4, -0.2) is 97.5 Å². The highest BCUT2D eigenvalue weighted by Crippen LogP contribution is 2.34. The van der Waals surface area contributed by atoms with Gasteiger partial charge in [0.2, 0.25) is 0 Å². The number of amides is 3. The highest BCUT2D eigenvalue weighted by Gasteiger charge is 2.45. The molecule has 1 aliphatic carbocycles. The van der Waals surface area contributed by atoms with Crippen LogP contribution in [0.3, 0.4) is 0 Å². The summed E-state index contributed by atoms with van der Waals surface area (Å²) in [5.41, 5.74) is 3.57. The van der Waals surface area contributed by atoms with E-state index in [1.807, 2.05) is 20.8 Å². The Morgan fingerprint density at radius 2 is 1.55 bits per heavy atom. The highest BCUT2D eigenvalue weighted by atomic mass is 16.6. The number of ether oxygens (including phenoxy) is 2. The van der Waals surface area contributed by atoms with Gasteiger partial charge < -0.3 is 24.6 Å². The number of carbonyl (C=O) groups is 5. The maximum Gasteiger partial charge on any atom is 0.410 e. The van der Waals surface area contributed by atoms with E-state index in [0.717, 1.165) is 5.69 Å². The fourth-order valence-electron chi connectivity index (χ4n) is 5.23. The van der Waals surface area contributed by atoms with Crippen LogP contribution in [-0.2, 0) is 9.47 Å². The SMILES string of the molecule is CC(C)(C)OC(=O)N1CCN(c2ccc(C(=O)C3C(=O)c4cccc(NC(=O)NN5CCOCC5)c4C3=O)cc2)CC1. The van der Waals surface area contributed by atoms with Crippen LogP contribution in [0.5, 0.6) is 0 Å². The van der Waals surface area contributed by atoms with E-state index in [1.165, 1.54) is 12.1 Å². The molecule has 0 spiro atoms. The van der Waals surface area contributed by atoms with Crippen molar-refractivity contribution in [3.05, 3.63) is 59.2 Å². The topological polar surface area (TPSA) is 138 Å². The summed E-state index contributed by atoms with van der Waals surface area (Å²) in [5.74, 6) is -3.32. The fraction of sp³-hybridized carbons (Fsp3) is 0.433. The van der Waals surface area contributed by atoms with Gasteiger partial charge in [-0.05, 0) is 51.1 Å². The van der Waals surface area contributed by atoms with Crippen LogP contribution in [0.25, 0.3) is 0 Å². The number of morpholine rings is 1. The maximum absolute atomic E-state index is 13.4. The molecule has 0 radical (unpaired) electrons. The number of Topliss-reactive ketones (excluding diaryl/α,β-unsaturated/α-hetero) is 3. The van der Waals surface area contributed by atoms with E-state index in [4.69, 9.17) is 9.47 Å². The van der Waals surface area contributed by atoms with Crippen molar-refractivity contribution in [1.29, 1.82) is 0 Å². The number of carbonyl (C=O) groups excluding carboxylic acids is 5. The van der Waals surface area contributed by atoms with Crippen molar-refractivity contribution < 1.29 is 33.4 Å². The van der Waals surface area contributed by atoms with Crippen LogP contribution < -0.4 is 15.6 Å². The maximum atomic E-state index is 13.4. The van der Waals surface area contributed by atoms with E-state index >= 15 is 0 Å². The monoisotopic (exact) mass is 577 g/mol. The van der Waals surface area contributed by atoms with E-state index in [2.05, 4.69) is 15.6 Å². The Morgan fingerprint density at radius 3 is 2.19 bits per heavy atom. The molecule has 12 nitrogen and oxygen atoms in total. The zero-order chi connectivity index (χ0) is 30.0. The number of piperazine rings is 1. The molecular weight excluding hydrogens is 542 g/mol. The molecule has 5 rings (SSSR count). The standard InChI is InChI=1S/C30H35N5O7/c1-30(2,3)42-29(40)34-13-11-33(12-14-34)20-9-7-19(8-10-20)25(36)24-26(37)21-5-4-6-22(23(21)27(24)38)31-28(39)32-35-15-17-41-18-16-35/h4-10,24H,11-18H2,1-3H3,(H2,31,32,39). The summed E-state index contributed by atoms with van der Waals surface area (Å²) >= 11 is 0. The normalized spacial score (nSPS) is 19.4. The van der Waals surface area contributed by atoms with Crippen LogP contribution in [0.15, 0.2) is 42.5 Å². The minimum Gasteiger partial charge on any atom is -0.444 e. The molecular formula is C30H35N5O7. The lowest BCUT2D eigenvalue weighted by Crippen LogP contribution is -2.50. The van der Waals surface area contributed by atoms with Gasteiger partial charge in [-0.2, -0.15) is 0 Å². The molecule has 2 heterocycles. The molecule has 1 unspecified atom stereocenters. The second-order valence-electron chi connectivity index (χ2n) is 11.4. The van der Waals surface area contributed by atoms with E-state index in [0.29, 0.717) is 52.5 Å². The van der Waals surface area contributed by atoms with E-state index < -0.39 is 34.9 Å². The molecule has 1 atom stereocenters. The van der Waals surface area contributed by atoms with Crippen LogP contribution in [0.4, 0.5) is 21.0 Å². The number of urea groups is 1. The van der Waals surface area contributed by atoms with Crippen LogP contribution in [0.2, 0.25) is 0 Å². The predicted molar refractivity (Wildman–Crippen MR) is 154 cm³/mol. The third-order valence-electron chi connectivity index (χ3n) is 7.33. The molecule has 42 heavy (non-hydrogen) atoms. The van der Waals surface area contributed by atoms with Gasteiger partial charge in [0.15, 0.2) is 17.3 Å². The van der Waals surface area contributed by atoms with Gasteiger partial charge in [0.25, 0.3) is 0 Å². The predicted octanol–water partition coefficient (Wildman–Crippen LogP) is 2.99. The first-order chi connectivity index (χ1) is 20.0. The first kappa shape index (κ1) is 29.2. The Morgan fingerprint density at radius 1 is 0.881 bits per heavy atom. The van der Waals surface area contributed by atoms with Gasteiger partial charge in [-0.1, -0.05) is 12.1 Å². The molecule has 3 amide bonds. The number of benzene rings is 2. The molecule has 2 aromatic rings. The second kappa shape index (κ2) is 11.9. The lowest BCUT2D eigenvalue weighted by molar-refractivity contribution is 0.0207. The molecule has 2 aromatic carbocycles. The highest BCUT2D eigenvalue weighted by molar-refractivity contribution is 6.39. The first-order valence-electron chi connectivity index (χ1n) is 14.0. The average molecular weight is 578 g/mol. The summed E-state index contributed by atoms with van der Waals surface area (Å²) in [6, 6.07) is 10.8. The van der Waals surface area contributed by atoms with Gasteiger partial charge in [-0.15, -0.1) is 0 Å². The first-order valence-corrected chi connectivity index (χ1v) is 14.0. The van der Waals surface area contributed by atoms with Crippen molar-refractivity contribution in [2.45, 2.75) is 26.4 Å². The van der Waals surface area contributed by atoms with Crippen molar-refractivity contribution in [2.75, 3.05) is 62.7 Å². The molecule has 2 saturated heterocycles. The minimum atomic E-state index is -1.51. The zero-order valence-corrected chi connectivity index (χ0v) is 24.0. The van der Waals surface area contributed by atoms with Gasteiger partial charge in [0, 0.05) is 56.1 Å². The lowest BCUT2D eigenvalue weighted by Gasteiger charge is -2.36. The summed E-state index contributed by atoms with van der Waals surface area (Å²) in [6.45, 7) is 9.70. The van der Waals surface area contributed by atoms with Crippen LogP contribution in [0.1, 0.15) is 51.8 Å².